The first kappa shape index (κ1) is 15.3. The molecule has 0 amide bonds. The van der Waals surface area contributed by atoms with Gasteiger partial charge in [-0.25, -0.2) is 0 Å². The summed E-state index contributed by atoms with van der Waals surface area (Å²) in [5.41, 5.74) is 1.97. The normalized spacial score (nSPS) is 22.3. The summed E-state index contributed by atoms with van der Waals surface area (Å²) >= 11 is 0. The molecular weight excluding hydrogens is 263 g/mol. The van der Waals surface area contributed by atoms with Crippen LogP contribution in [0.3, 0.4) is 0 Å². The van der Waals surface area contributed by atoms with Gasteiger partial charge in [0.05, 0.1) is 11.6 Å². The summed E-state index contributed by atoms with van der Waals surface area (Å²) < 4.78 is 12.9. The van der Waals surface area contributed by atoms with E-state index in [1.54, 1.807) is 6.07 Å². The Hall–Kier alpha value is -2.13. The summed E-state index contributed by atoms with van der Waals surface area (Å²) in [6, 6.07) is 11.4. The Labute approximate surface area is 125 Å². The lowest BCUT2D eigenvalue weighted by Crippen LogP contribution is -2.14. The molecule has 0 atom stereocenters. The van der Waals surface area contributed by atoms with Gasteiger partial charge in [-0.2, -0.15) is 14.9 Å². The van der Waals surface area contributed by atoms with Crippen molar-refractivity contribution >= 4 is 0 Å². The minimum absolute atomic E-state index is 0.232. The van der Waals surface area contributed by atoms with Gasteiger partial charge < -0.3 is 0 Å². The van der Waals surface area contributed by atoms with E-state index in [4.69, 9.17) is 10.5 Å². The van der Waals surface area contributed by atoms with E-state index in [2.05, 4.69) is 6.07 Å². The van der Waals surface area contributed by atoms with Crippen molar-refractivity contribution in [2.24, 2.45) is 11.8 Å². The number of hydrogen-bond donors (Lipinski definition) is 0. The van der Waals surface area contributed by atoms with E-state index in [-0.39, 0.29) is 5.92 Å². The Kier molecular flexibility index (Phi) is 5.52. The number of halogens is 1. The molecule has 2 nitrogen and oxygen atoms in total. The zero-order valence-corrected chi connectivity index (χ0v) is 12.1. The maximum Gasteiger partial charge on any atom is 0.196 e. The number of nitrogens with zero attached hydrogens (tertiary/aromatic N) is 2. The lowest BCUT2D eigenvalue weighted by molar-refractivity contribution is 0.294. The lowest BCUT2D eigenvalue weighted by Gasteiger charge is -2.26. The van der Waals surface area contributed by atoms with Crippen LogP contribution in [0.1, 0.15) is 43.2 Å². The van der Waals surface area contributed by atoms with Crippen LogP contribution in [0.4, 0.5) is 4.39 Å². The van der Waals surface area contributed by atoms with Gasteiger partial charge in [0.2, 0.25) is 0 Å². The standard InChI is InChI=1S/C18H19FN2/c19-18(13-21)11-16-7-3-14(4-8-16)1-2-15-5-9-17(12-20)10-6-15/h5-6,9-11,14,16H,1-4,7-8H2. The molecule has 0 radical (unpaired) electrons. The summed E-state index contributed by atoms with van der Waals surface area (Å²) in [5.74, 6) is 0.280. The third-order valence-electron chi connectivity index (χ3n) is 4.30. The molecule has 0 saturated heterocycles. The minimum atomic E-state index is -0.643. The Morgan fingerprint density at radius 1 is 1.14 bits per heavy atom. The van der Waals surface area contributed by atoms with Gasteiger partial charge in [0, 0.05) is 0 Å². The van der Waals surface area contributed by atoms with Crippen molar-refractivity contribution in [2.75, 3.05) is 0 Å². The van der Waals surface area contributed by atoms with Gasteiger partial charge in [-0.15, -0.1) is 0 Å². The summed E-state index contributed by atoms with van der Waals surface area (Å²) in [4.78, 5) is 0. The molecule has 0 aliphatic heterocycles. The topological polar surface area (TPSA) is 47.6 Å². The summed E-state index contributed by atoms with van der Waals surface area (Å²) in [6.45, 7) is 0. The van der Waals surface area contributed by atoms with Crippen LogP contribution in [0.2, 0.25) is 0 Å². The SMILES string of the molecule is N#CC(F)=CC1CCC(CCc2ccc(C#N)cc2)CC1. The quantitative estimate of drug-likeness (QED) is 0.753. The predicted octanol–water partition coefficient (Wildman–Crippen LogP) is 4.67. The van der Waals surface area contributed by atoms with Crippen LogP contribution in [0.5, 0.6) is 0 Å². The van der Waals surface area contributed by atoms with E-state index in [1.807, 2.05) is 24.3 Å². The van der Waals surface area contributed by atoms with Crippen LogP contribution < -0.4 is 0 Å². The second-order valence-corrected chi connectivity index (χ2v) is 5.75. The third kappa shape index (κ3) is 4.72. The maximum absolute atomic E-state index is 12.9. The third-order valence-corrected chi connectivity index (χ3v) is 4.30. The summed E-state index contributed by atoms with van der Waals surface area (Å²) in [7, 11) is 0. The van der Waals surface area contributed by atoms with E-state index in [0.29, 0.717) is 11.5 Å². The summed E-state index contributed by atoms with van der Waals surface area (Å²) in [5, 5.41) is 17.2. The van der Waals surface area contributed by atoms with Crippen molar-refractivity contribution in [1.82, 2.24) is 0 Å². The second kappa shape index (κ2) is 7.60. The number of rotatable bonds is 4. The first-order valence-electron chi connectivity index (χ1n) is 7.47. The van der Waals surface area contributed by atoms with Gasteiger partial charge >= 0.3 is 0 Å². The van der Waals surface area contributed by atoms with Gasteiger partial charge in [0.25, 0.3) is 0 Å². The van der Waals surface area contributed by atoms with Crippen molar-refractivity contribution < 1.29 is 4.39 Å². The number of aryl methyl sites for hydroxylation is 1. The van der Waals surface area contributed by atoms with Crippen molar-refractivity contribution in [1.29, 1.82) is 10.5 Å². The highest BCUT2D eigenvalue weighted by Gasteiger charge is 2.20. The fraction of sp³-hybridized carbons (Fsp3) is 0.444. The van der Waals surface area contributed by atoms with Gasteiger partial charge in [0.15, 0.2) is 5.83 Å². The molecular formula is C18H19FN2. The first-order valence-corrected chi connectivity index (χ1v) is 7.47. The average molecular weight is 282 g/mol. The van der Waals surface area contributed by atoms with Crippen LogP contribution in [-0.2, 0) is 6.42 Å². The minimum Gasteiger partial charge on any atom is -0.195 e. The van der Waals surface area contributed by atoms with Crippen LogP contribution in [0.15, 0.2) is 36.2 Å². The highest BCUT2D eigenvalue weighted by atomic mass is 19.1. The average Bonchev–Trinajstić information content (AvgIpc) is 2.54. The highest BCUT2D eigenvalue weighted by molar-refractivity contribution is 5.31. The van der Waals surface area contributed by atoms with Crippen LogP contribution >= 0.6 is 0 Å². The van der Waals surface area contributed by atoms with Crippen LogP contribution in [0, 0.1) is 34.5 Å². The van der Waals surface area contributed by atoms with E-state index in [0.717, 1.165) is 38.5 Å². The molecule has 1 saturated carbocycles. The number of hydrogen-bond acceptors (Lipinski definition) is 2. The largest absolute Gasteiger partial charge is 0.196 e. The highest BCUT2D eigenvalue weighted by Crippen LogP contribution is 2.32. The van der Waals surface area contributed by atoms with Gasteiger partial charge in [-0.1, -0.05) is 12.1 Å². The molecule has 0 bridgehead atoms. The number of nitriles is 2. The Bertz CT molecular complexity index is 567. The van der Waals surface area contributed by atoms with Crippen LogP contribution in [0.25, 0.3) is 0 Å². The molecule has 1 aromatic carbocycles. The summed E-state index contributed by atoms with van der Waals surface area (Å²) in [6.07, 6.45) is 7.83. The second-order valence-electron chi connectivity index (χ2n) is 5.75. The lowest BCUT2D eigenvalue weighted by atomic mass is 9.79. The predicted molar refractivity (Wildman–Crippen MR) is 79.7 cm³/mol. The monoisotopic (exact) mass is 282 g/mol. The number of benzene rings is 1. The molecule has 1 fully saturated rings. The smallest absolute Gasteiger partial charge is 0.195 e. The zero-order chi connectivity index (χ0) is 15.1. The molecule has 3 heteroatoms. The molecule has 1 aromatic rings. The van der Waals surface area contributed by atoms with Crippen molar-refractivity contribution in [2.45, 2.75) is 38.5 Å². The molecule has 0 heterocycles. The Morgan fingerprint density at radius 3 is 2.38 bits per heavy atom. The molecule has 0 N–H and O–H groups in total. The van der Waals surface area contributed by atoms with E-state index in [1.165, 1.54) is 11.6 Å². The maximum atomic E-state index is 12.9. The molecule has 2 rings (SSSR count). The van der Waals surface area contributed by atoms with Crippen molar-refractivity contribution in [3.8, 4) is 12.1 Å². The Balaban J connectivity index is 1.76. The number of allylic oxidation sites excluding steroid dienone is 2. The first-order chi connectivity index (χ1) is 10.2. The van der Waals surface area contributed by atoms with Crippen LogP contribution in [-0.4, -0.2) is 0 Å². The molecule has 0 spiro atoms. The molecule has 1 aliphatic carbocycles. The van der Waals surface area contributed by atoms with Gasteiger partial charge in [-0.05, 0) is 74.1 Å². The Morgan fingerprint density at radius 2 is 1.81 bits per heavy atom. The van der Waals surface area contributed by atoms with E-state index in [9.17, 15) is 4.39 Å². The fourth-order valence-corrected chi connectivity index (χ4v) is 3.00. The molecule has 21 heavy (non-hydrogen) atoms. The zero-order valence-electron chi connectivity index (χ0n) is 12.1. The molecule has 0 unspecified atom stereocenters. The fourth-order valence-electron chi connectivity index (χ4n) is 3.00. The van der Waals surface area contributed by atoms with Crippen molar-refractivity contribution in [3.63, 3.8) is 0 Å². The van der Waals surface area contributed by atoms with Crippen molar-refractivity contribution in [3.05, 3.63) is 47.3 Å². The molecule has 0 aromatic heterocycles. The van der Waals surface area contributed by atoms with E-state index >= 15 is 0 Å². The molecule has 1 aliphatic rings. The van der Waals surface area contributed by atoms with E-state index < -0.39 is 5.83 Å². The van der Waals surface area contributed by atoms with Gasteiger partial charge in [0.1, 0.15) is 6.07 Å². The molecule has 108 valence electrons. The van der Waals surface area contributed by atoms with Gasteiger partial charge in [-0.3, -0.25) is 0 Å².